The minimum absolute atomic E-state index is 0.0391. The number of rotatable bonds is 3. The fraction of sp³-hybridized carbons (Fsp3) is 0.368. The van der Waals surface area contributed by atoms with E-state index in [1.165, 1.54) is 4.90 Å². The number of carbonyl (C=O) groups excluding carboxylic acids is 2. The Morgan fingerprint density at radius 2 is 2.15 bits per heavy atom. The first-order valence-corrected chi connectivity index (χ1v) is 8.91. The maximum absolute atomic E-state index is 12.8. The summed E-state index contributed by atoms with van der Waals surface area (Å²) in [6, 6.07) is 2.85. The summed E-state index contributed by atoms with van der Waals surface area (Å²) in [5, 5.41) is 9.62. The van der Waals surface area contributed by atoms with Crippen LogP contribution in [0.4, 0.5) is 5.69 Å². The van der Waals surface area contributed by atoms with Crippen molar-refractivity contribution in [3.05, 3.63) is 47.4 Å². The SMILES string of the molecule is C[n+]1cccc(N2CCC(=CC3=C(C(=O)O)N4C(=O)[C@@H](N)[C@H]4CC3)C2=O)c1. The van der Waals surface area contributed by atoms with Crippen LogP contribution < -0.4 is 15.2 Å². The number of carboxylic acids is 1. The third-order valence-electron chi connectivity index (χ3n) is 5.43. The molecular formula is C19H21N4O4+. The lowest BCUT2D eigenvalue weighted by molar-refractivity contribution is -0.670. The van der Waals surface area contributed by atoms with Gasteiger partial charge in [-0.3, -0.25) is 14.5 Å². The van der Waals surface area contributed by atoms with Crippen LogP contribution in [0.3, 0.4) is 0 Å². The number of nitrogens with two attached hydrogens (primary N) is 1. The molecule has 2 saturated heterocycles. The Morgan fingerprint density at radius 1 is 1.37 bits per heavy atom. The Morgan fingerprint density at radius 3 is 2.85 bits per heavy atom. The number of fused-ring (bicyclic) bond motifs is 1. The first kappa shape index (κ1) is 17.4. The van der Waals surface area contributed by atoms with Crippen LogP contribution in [-0.4, -0.2) is 46.4 Å². The number of aromatic nitrogens is 1. The largest absolute Gasteiger partial charge is 0.477 e. The standard InChI is InChI=1S/C19H20N4O4/c1-21-7-2-3-13(10-21)22-8-6-12(17(22)24)9-11-4-5-14-15(20)18(25)23(14)16(11)19(26)27/h2-3,7,9-10,14-15H,4-6,8,20H2,1H3/p+1/t14-,15+/m1/s1. The first-order valence-electron chi connectivity index (χ1n) is 8.91. The first-order chi connectivity index (χ1) is 12.9. The van der Waals surface area contributed by atoms with Crippen molar-refractivity contribution >= 4 is 23.5 Å². The maximum atomic E-state index is 12.8. The van der Waals surface area contributed by atoms with Crippen LogP contribution in [0, 0.1) is 0 Å². The van der Waals surface area contributed by atoms with E-state index in [-0.39, 0.29) is 23.6 Å². The molecule has 0 bridgehead atoms. The zero-order valence-electron chi connectivity index (χ0n) is 15.0. The molecule has 0 radical (unpaired) electrons. The predicted molar refractivity (Wildman–Crippen MR) is 95.2 cm³/mol. The second-order valence-electron chi connectivity index (χ2n) is 7.12. The summed E-state index contributed by atoms with van der Waals surface area (Å²) in [4.78, 5) is 39.6. The van der Waals surface area contributed by atoms with E-state index in [1.807, 2.05) is 36.1 Å². The van der Waals surface area contributed by atoms with Crippen molar-refractivity contribution in [2.45, 2.75) is 31.3 Å². The van der Waals surface area contributed by atoms with Crippen molar-refractivity contribution in [1.29, 1.82) is 0 Å². The molecule has 3 aliphatic heterocycles. The second-order valence-corrected chi connectivity index (χ2v) is 7.12. The van der Waals surface area contributed by atoms with E-state index in [1.54, 1.807) is 11.0 Å². The molecule has 0 aromatic carbocycles. The molecule has 0 saturated carbocycles. The van der Waals surface area contributed by atoms with Gasteiger partial charge < -0.3 is 15.7 Å². The number of hydrogen-bond donors (Lipinski definition) is 2. The van der Waals surface area contributed by atoms with E-state index in [0.29, 0.717) is 37.0 Å². The minimum Gasteiger partial charge on any atom is -0.477 e. The van der Waals surface area contributed by atoms with Crippen molar-refractivity contribution in [3.8, 4) is 0 Å². The number of aryl methyl sites for hydroxylation is 1. The molecule has 4 heterocycles. The Labute approximate surface area is 156 Å². The van der Waals surface area contributed by atoms with E-state index in [4.69, 9.17) is 5.73 Å². The van der Waals surface area contributed by atoms with Crippen molar-refractivity contribution < 1.29 is 24.1 Å². The molecule has 2 atom stereocenters. The van der Waals surface area contributed by atoms with Gasteiger partial charge in [-0.25, -0.2) is 9.36 Å². The molecular weight excluding hydrogens is 348 g/mol. The summed E-state index contributed by atoms with van der Waals surface area (Å²) in [6.07, 6.45) is 7.04. The molecule has 140 valence electrons. The number of allylic oxidation sites excluding steroid dienone is 2. The van der Waals surface area contributed by atoms with Gasteiger partial charge in [0.1, 0.15) is 24.5 Å². The minimum atomic E-state index is -1.16. The number of carboxylic acid groups (broad SMARTS) is 1. The lowest BCUT2D eigenvalue weighted by Crippen LogP contribution is -2.69. The van der Waals surface area contributed by atoms with Crippen molar-refractivity contribution in [2.24, 2.45) is 12.8 Å². The van der Waals surface area contributed by atoms with E-state index in [2.05, 4.69) is 0 Å². The van der Waals surface area contributed by atoms with E-state index < -0.39 is 12.0 Å². The number of hydrogen-bond acceptors (Lipinski definition) is 4. The van der Waals surface area contributed by atoms with Gasteiger partial charge in [0.05, 0.1) is 6.04 Å². The van der Waals surface area contributed by atoms with E-state index >= 15 is 0 Å². The lowest BCUT2D eigenvalue weighted by Gasteiger charge is -2.48. The highest BCUT2D eigenvalue weighted by Gasteiger charge is 2.50. The Balaban J connectivity index is 1.66. The molecule has 27 heavy (non-hydrogen) atoms. The Hall–Kier alpha value is -3.00. The molecule has 1 aromatic rings. The van der Waals surface area contributed by atoms with Crippen LogP contribution >= 0.6 is 0 Å². The molecule has 0 spiro atoms. The normalized spacial score (nSPS) is 26.5. The fourth-order valence-electron chi connectivity index (χ4n) is 4.05. The molecule has 1 aromatic heterocycles. The number of amides is 2. The quantitative estimate of drug-likeness (QED) is 0.437. The molecule has 8 heteroatoms. The zero-order chi connectivity index (χ0) is 19.3. The molecule has 0 aliphatic carbocycles. The Kier molecular flexibility index (Phi) is 4.07. The van der Waals surface area contributed by atoms with Gasteiger partial charge in [0.15, 0.2) is 12.4 Å². The highest BCUT2D eigenvalue weighted by Crippen LogP contribution is 2.37. The molecule has 4 rings (SSSR count). The zero-order valence-corrected chi connectivity index (χ0v) is 15.0. The van der Waals surface area contributed by atoms with Gasteiger partial charge in [-0.2, -0.15) is 0 Å². The smallest absolute Gasteiger partial charge is 0.352 e. The second kappa shape index (κ2) is 6.31. The van der Waals surface area contributed by atoms with Gasteiger partial charge in [0.2, 0.25) is 5.91 Å². The maximum Gasteiger partial charge on any atom is 0.352 e. The third kappa shape index (κ3) is 2.73. The van der Waals surface area contributed by atoms with E-state index in [0.717, 1.165) is 5.69 Å². The number of β-lactam (4-membered cyclic amide) rings is 1. The van der Waals surface area contributed by atoms with Crippen LogP contribution in [0.2, 0.25) is 0 Å². The van der Waals surface area contributed by atoms with Crippen LogP contribution in [0.1, 0.15) is 19.3 Å². The van der Waals surface area contributed by atoms with Crippen molar-refractivity contribution in [1.82, 2.24) is 4.90 Å². The van der Waals surface area contributed by atoms with Crippen LogP contribution in [0.25, 0.3) is 0 Å². The van der Waals surface area contributed by atoms with Gasteiger partial charge in [0, 0.05) is 18.2 Å². The average molecular weight is 369 g/mol. The van der Waals surface area contributed by atoms with Gasteiger partial charge in [-0.05, 0) is 37.0 Å². The van der Waals surface area contributed by atoms with Crippen LogP contribution in [0.15, 0.2) is 47.4 Å². The van der Waals surface area contributed by atoms with Crippen molar-refractivity contribution in [2.75, 3.05) is 11.4 Å². The summed E-state index contributed by atoms with van der Waals surface area (Å²) in [5.41, 5.74) is 7.62. The van der Waals surface area contributed by atoms with Crippen LogP contribution in [-0.2, 0) is 21.4 Å². The number of anilines is 1. The highest BCUT2D eigenvalue weighted by molar-refractivity contribution is 6.08. The monoisotopic (exact) mass is 369 g/mol. The summed E-state index contributed by atoms with van der Waals surface area (Å²) in [5.74, 6) is -1.67. The highest BCUT2D eigenvalue weighted by atomic mass is 16.4. The number of nitrogens with zero attached hydrogens (tertiary/aromatic N) is 3. The van der Waals surface area contributed by atoms with E-state index in [9.17, 15) is 19.5 Å². The summed E-state index contributed by atoms with van der Waals surface area (Å²) >= 11 is 0. The molecule has 0 unspecified atom stereocenters. The molecule has 3 aliphatic rings. The summed E-state index contributed by atoms with van der Waals surface area (Å²) < 4.78 is 1.87. The summed E-state index contributed by atoms with van der Waals surface area (Å²) in [7, 11) is 1.89. The van der Waals surface area contributed by atoms with Crippen LogP contribution in [0.5, 0.6) is 0 Å². The van der Waals surface area contributed by atoms with Gasteiger partial charge in [-0.15, -0.1) is 0 Å². The number of carbonyl (C=O) groups is 3. The number of pyridine rings is 1. The topological polar surface area (TPSA) is 108 Å². The molecule has 2 fully saturated rings. The third-order valence-corrected chi connectivity index (χ3v) is 5.43. The Bertz CT molecular complexity index is 920. The molecule has 2 amide bonds. The van der Waals surface area contributed by atoms with Gasteiger partial charge in [0.25, 0.3) is 5.91 Å². The fourth-order valence-corrected chi connectivity index (χ4v) is 4.05. The lowest BCUT2D eigenvalue weighted by atomic mass is 9.83. The summed E-state index contributed by atoms with van der Waals surface area (Å²) in [6.45, 7) is 0.542. The molecule has 8 nitrogen and oxygen atoms in total. The molecule has 3 N–H and O–H groups in total. The van der Waals surface area contributed by atoms with Crippen molar-refractivity contribution in [3.63, 3.8) is 0 Å². The average Bonchev–Trinajstić information content (AvgIpc) is 3.01. The van der Waals surface area contributed by atoms with Gasteiger partial charge >= 0.3 is 5.97 Å². The van der Waals surface area contributed by atoms with Gasteiger partial charge in [-0.1, -0.05) is 0 Å². The predicted octanol–water partition coefficient (Wildman–Crippen LogP) is -0.155. The number of aliphatic carboxylic acids is 1.